The minimum absolute atomic E-state index is 0.0140. The largest absolute Gasteiger partial charge is 0.508 e. The van der Waals surface area contributed by atoms with Gasteiger partial charge in [0.1, 0.15) is 5.75 Å². The summed E-state index contributed by atoms with van der Waals surface area (Å²) in [7, 11) is 0. The number of imide groups is 1. The zero-order valence-electron chi connectivity index (χ0n) is 15.9. The van der Waals surface area contributed by atoms with Crippen LogP contribution >= 0.6 is 0 Å². The van der Waals surface area contributed by atoms with E-state index >= 15 is 0 Å². The summed E-state index contributed by atoms with van der Waals surface area (Å²) in [6.07, 6.45) is 2.02. The van der Waals surface area contributed by atoms with Gasteiger partial charge < -0.3 is 10.2 Å². The van der Waals surface area contributed by atoms with Gasteiger partial charge in [-0.05, 0) is 47.6 Å². The van der Waals surface area contributed by atoms with E-state index in [1.54, 1.807) is 0 Å². The maximum absolute atomic E-state index is 13.2. The maximum atomic E-state index is 13.2. The van der Waals surface area contributed by atoms with E-state index in [9.17, 15) is 24.6 Å². The topological polar surface area (TPSA) is 94.9 Å². The Labute approximate surface area is 158 Å². The zero-order chi connectivity index (χ0) is 20.0. The Morgan fingerprint density at radius 2 is 1.67 bits per heavy atom. The molecule has 2 aliphatic rings. The lowest BCUT2D eigenvalue weighted by Gasteiger charge is -2.35. The summed E-state index contributed by atoms with van der Waals surface area (Å²) < 4.78 is 0. The Hall–Kier alpha value is -2.63. The van der Waals surface area contributed by atoms with Crippen LogP contribution in [0.25, 0.3) is 0 Å². The molecule has 1 aliphatic carbocycles. The number of carboxylic acid groups (broad SMARTS) is 1. The molecule has 1 fully saturated rings. The predicted octanol–water partition coefficient (Wildman–Crippen LogP) is 2.93. The zero-order valence-corrected chi connectivity index (χ0v) is 15.9. The highest BCUT2D eigenvalue weighted by Crippen LogP contribution is 2.49. The first-order valence-electron chi connectivity index (χ1n) is 9.26. The van der Waals surface area contributed by atoms with Crippen molar-refractivity contribution < 1.29 is 24.6 Å². The van der Waals surface area contributed by atoms with Crippen LogP contribution in [0.5, 0.6) is 5.75 Å². The first kappa shape index (κ1) is 19.1. The Kier molecular flexibility index (Phi) is 4.84. The molecule has 0 radical (unpaired) electrons. The lowest BCUT2D eigenvalue weighted by molar-refractivity contribution is -0.145. The normalized spacial score (nSPS) is 27.3. The number of nitrogens with zero attached hydrogens (tertiary/aromatic N) is 1. The summed E-state index contributed by atoms with van der Waals surface area (Å²) in [4.78, 5) is 39.6. The molecule has 2 amide bonds. The van der Waals surface area contributed by atoms with Crippen molar-refractivity contribution in [3.05, 3.63) is 41.5 Å². The highest BCUT2D eigenvalue weighted by Gasteiger charge is 2.60. The molecule has 4 unspecified atom stereocenters. The summed E-state index contributed by atoms with van der Waals surface area (Å²) in [5.41, 5.74) is 1.08. The van der Waals surface area contributed by atoms with Gasteiger partial charge in [-0.1, -0.05) is 33.8 Å². The molecule has 0 aromatic heterocycles. The van der Waals surface area contributed by atoms with E-state index in [2.05, 4.69) is 0 Å². The molecule has 6 nitrogen and oxygen atoms in total. The van der Waals surface area contributed by atoms with E-state index in [1.807, 2.05) is 33.8 Å². The van der Waals surface area contributed by atoms with Crippen molar-refractivity contribution in [2.24, 2.45) is 29.6 Å². The number of aliphatic carboxylic acids is 1. The van der Waals surface area contributed by atoms with Crippen molar-refractivity contribution in [2.45, 2.75) is 33.7 Å². The number of carbonyl (C=O) groups is 3. The monoisotopic (exact) mass is 371 g/mol. The van der Waals surface area contributed by atoms with Gasteiger partial charge in [0.15, 0.2) is 0 Å². The Bertz CT molecular complexity index is 808. The standard InChI is InChI=1S/C21H25NO5/c1-10(2)14-9-15(11(3)4)18-17(21(26)27)16(14)20(25)22(18)19(24)12-5-7-13(23)8-6-12/h5-11,14,16-18,23H,1-4H3,(H,26,27). The fourth-order valence-electron chi connectivity index (χ4n) is 4.39. The molecule has 0 spiro atoms. The molecule has 2 bridgehead atoms. The molecule has 3 rings (SSSR count). The van der Waals surface area contributed by atoms with Crippen LogP contribution < -0.4 is 0 Å². The number of amides is 2. The van der Waals surface area contributed by atoms with E-state index in [4.69, 9.17) is 0 Å². The minimum Gasteiger partial charge on any atom is -0.508 e. The quantitative estimate of drug-likeness (QED) is 0.627. The molecular weight excluding hydrogens is 346 g/mol. The average Bonchev–Trinajstić information content (AvgIpc) is 2.82. The van der Waals surface area contributed by atoms with Gasteiger partial charge >= 0.3 is 5.97 Å². The number of phenols is 1. The number of aromatic hydroxyl groups is 1. The van der Waals surface area contributed by atoms with Crippen LogP contribution in [0.3, 0.4) is 0 Å². The lowest BCUT2D eigenvalue weighted by atomic mass is 9.68. The van der Waals surface area contributed by atoms with E-state index in [1.165, 1.54) is 24.3 Å². The minimum atomic E-state index is -1.05. The smallest absolute Gasteiger partial charge is 0.309 e. The summed E-state index contributed by atoms with van der Waals surface area (Å²) in [6, 6.07) is 4.88. The van der Waals surface area contributed by atoms with Gasteiger partial charge in [-0.2, -0.15) is 0 Å². The SMILES string of the molecule is CC(C)C1=CC(C(C)C)C2C(=O)N(C(=O)c3ccc(O)cc3)C1C2C(=O)O. The number of fused-ring (bicyclic) bond motifs is 2. The number of phenolic OH excluding ortho intramolecular Hbond substituents is 1. The number of benzene rings is 1. The van der Waals surface area contributed by atoms with Gasteiger partial charge in [-0.3, -0.25) is 19.3 Å². The van der Waals surface area contributed by atoms with Crippen molar-refractivity contribution in [3.8, 4) is 5.75 Å². The molecule has 2 N–H and O–H groups in total. The number of hydrogen-bond donors (Lipinski definition) is 2. The molecule has 1 aromatic carbocycles. The van der Waals surface area contributed by atoms with Gasteiger partial charge in [0.05, 0.1) is 17.9 Å². The molecule has 4 atom stereocenters. The number of rotatable bonds is 4. The summed E-state index contributed by atoms with van der Waals surface area (Å²) in [5, 5.41) is 19.3. The number of carbonyl (C=O) groups excluding carboxylic acids is 2. The third-order valence-corrected chi connectivity index (χ3v) is 5.72. The summed E-state index contributed by atoms with van der Waals surface area (Å²) in [5.74, 6) is -3.76. The number of allylic oxidation sites excluding steroid dienone is 1. The van der Waals surface area contributed by atoms with Gasteiger partial charge in [-0.15, -0.1) is 0 Å². The van der Waals surface area contributed by atoms with Crippen LogP contribution in [0, 0.1) is 29.6 Å². The first-order valence-corrected chi connectivity index (χ1v) is 9.26. The van der Waals surface area contributed by atoms with Crippen LogP contribution in [-0.4, -0.2) is 38.9 Å². The van der Waals surface area contributed by atoms with Crippen molar-refractivity contribution in [1.29, 1.82) is 0 Å². The van der Waals surface area contributed by atoms with Crippen molar-refractivity contribution in [1.82, 2.24) is 4.90 Å². The highest BCUT2D eigenvalue weighted by molar-refractivity contribution is 6.09. The van der Waals surface area contributed by atoms with Crippen LogP contribution in [0.15, 0.2) is 35.9 Å². The Morgan fingerprint density at radius 3 is 2.15 bits per heavy atom. The van der Waals surface area contributed by atoms with Crippen LogP contribution in [0.1, 0.15) is 38.1 Å². The van der Waals surface area contributed by atoms with Crippen LogP contribution in [0.2, 0.25) is 0 Å². The fraction of sp³-hybridized carbons (Fsp3) is 0.476. The van der Waals surface area contributed by atoms with Gasteiger partial charge in [-0.25, -0.2) is 0 Å². The lowest BCUT2D eigenvalue weighted by Crippen LogP contribution is -2.44. The van der Waals surface area contributed by atoms with E-state index in [0.717, 1.165) is 10.5 Å². The van der Waals surface area contributed by atoms with Crippen molar-refractivity contribution in [3.63, 3.8) is 0 Å². The molecule has 1 saturated heterocycles. The Balaban J connectivity index is 2.12. The Morgan fingerprint density at radius 1 is 1.07 bits per heavy atom. The molecule has 27 heavy (non-hydrogen) atoms. The average molecular weight is 371 g/mol. The van der Waals surface area contributed by atoms with Gasteiger partial charge in [0.2, 0.25) is 5.91 Å². The van der Waals surface area contributed by atoms with Crippen molar-refractivity contribution in [2.75, 3.05) is 0 Å². The third-order valence-electron chi connectivity index (χ3n) is 5.72. The molecule has 1 aliphatic heterocycles. The molecular formula is C21H25NO5. The maximum Gasteiger partial charge on any atom is 0.309 e. The second kappa shape index (κ2) is 6.83. The van der Waals surface area contributed by atoms with E-state index in [0.29, 0.717) is 0 Å². The van der Waals surface area contributed by atoms with Gasteiger partial charge in [0.25, 0.3) is 5.91 Å². The van der Waals surface area contributed by atoms with Crippen LogP contribution in [-0.2, 0) is 9.59 Å². The van der Waals surface area contributed by atoms with Crippen LogP contribution in [0.4, 0.5) is 0 Å². The molecule has 1 heterocycles. The fourth-order valence-corrected chi connectivity index (χ4v) is 4.39. The van der Waals surface area contributed by atoms with E-state index in [-0.39, 0.29) is 29.1 Å². The molecule has 0 saturated carbocycles. The summed E-state index contributed by atoms with van der Waals surface area (Å²) >= 11 is 0. The number of likely N-dealkylation sites (tertiary alicyclic amines) is 1. The predicted molar refractivity (Wildman–Crippen MR) is 98.9 cm³/mol. The molecule has 6 heteroatoms. The first-order chi connectivity index (χ1) is 12.6. The van der Waals surface area contributed by atoms with Crippen molar-refractivity contribution >= 4 is 17.8 Å². The second-order valence-electron chi connectivity index (χ2n) is 8.04. The summed E-state index contributed by atoms with van der Waals surface area (Å²) in [6.45, 7) is 7.84. The second-order valence-corrected chi connectivity index (χ2v) is 8.04. The van der Waals surface area contributed by atoms with E-state index < -0.39 is 35.7 Å². The highest BCUT2D eigenvalue weighted by atomic mass is 16.4. The third kappa shape index (κ3) is 3.03. The number of carboxylic acids is 1. The van der Waals surface area contributed by atoms with Gasteiger partial charge in [0, 0.05) is 5.56 Å². The number of hydrogen-bond acceptors (Lipinski definition) is 4. The molecule has 1 aromatic rings. The molecule has 144 valence electrons.